The molecule has 1 N–H and O–H groups in total. The molecule has 2 rings (SSSR count). The Hall–Kier alpha value is -1.07. The quantitative estimate of drug-likeness (QED) is 0.877. The van der Waals surface area contributed by atoms with Gasteiger partial charge in [-0.1, -0.05) is 13.0 Å². The molecule has 1 aliphatic rings. The first-order valence-corrected chi connectivity index (χ1v) is 9.10. The number of fused-ring (bicyclic) bond motifs is 1. The van der Waals surface area contributed by atoms with Crippen LogP contribution in [-0.2, 0) is 10.8 Å². The minimum atomic E-state index is -0.751. The fourth-order valence-corrected chi connectivity index (χ4v) is 2.97. The van der Waals surface area contributed by atoms with Crippen LogP contribution in [0.2, 0.25) is 0 Å². The number of ether oxygens (including phenoxy) is 2. The van der Waals surface area contributed by atoms with Gasteiger partial charge in [0.2, 0.25) is 0 Å². The largest absolute Gasteiger partial charge is 0.497 e. The predicted octanol–water partition coefficient (Wildman–Crippen LogP) is 2.66. The first kappa shape index (κ1) is 16.3. The maximum atomic E-state index is 11.4. The van der Waals surface area contributed by atoms with Crippen molar-refractivity contribution in [1.82, 2.24) is 5.32 Å². The molecule has 5 heteroatoms. The molecule has 21 heavy (non-hydrogen) atoms. The van der Waals surface area contributed by atoms with Crippen molar-refractivity contribution in [3.8, 4) is 11.5 Å². The van der Waals surface area contributed by atoms with Crippen LogP contribution in [-0.4, -0.2) is 36.0 Å². The summed E-state index contributed by atoms with van der Waals surface area (Å²) in [5, 5.41) is 3.82. The molecular formula is C16H25NO3S. The average Bonchev–Trinajstić information content (AvgIpc) is 2.68. The lowest BCUT2D eigenvalue weighted by Gasteiger charge is -2.19. The van der Waals surface area contributed by atoms with Crippen LogP contribution in [0.15, 0.2) is 18.2 Å². The number of methoxy groups -OCH3 is 1. The second-order valence-electron chi connectivity index (χ2n) is 5.50. The summed E-state index contributed by atoms with van der Waals surface area (Å²) in [4.78, 5) is 0. The van der Waals surface area contributed by atoms with Crippen molar-refractivity contribution in [1.29, 1.82) is 0 Å². The minimum Gasteiger partial charge on any atom is -0.497 e. The zero-order chi connectivity index (χ0) is 15.2. The molecule has 0 unspecified atom stereocenters. The van der Waals surface area contributed by atoms with Crippen LogP contribution >= 0.6 is 0 Å². The van der Waals surface area contributed by atoms with E-state index in [0.29, 0.717) is 6.04 Å². The SMILES string of the molecule is COc1ccc2c(c1)OCCC[C@@H]2NCC[C@@H](C)[S@@](C)=O. The second kappa shape index (κ2) is 7.80. The zero-order valence-electron chi connectivity index (χ0n) is 13.1. The van der Waals surface area contributed by atoms with Crippen LogP contribution < -0.4 is 14.8 Å². The van der Waals surface area contributed by atoms with Gasteiger partial charge in [0.25, 0.3) is 0 Å². The smallest absolute Gasteiger partial charge is 0.127 e. The monoisotopic (exact) mass is 311 g/mol. The van der Waals surface area contributed by atoms with Crippen molar-refractivity contribution in [3.05, 3.63) is 23.8 Å². The van der Waals surface area contributed by atoms with Gasteiger partial charge in [-0.3, -0.25) is 4.21 Å². The third-order valence-electron chi connectivity index (χ3n) is 4.00. The number of benzene rings is 1. The molecular weight excluding hydrogens is 286 g/mol. The van der Waals surface area contributed by atoms with Gasteiger partial charge in [0.15, 0.2) is 0 Å². The number of hydrogen-bond donors (Lipinski definition) is 1. The van der Waals surface area contributed by atoms with E-state index in [1.165, 1.54) is 5.56 Å². The topological polar surface area (TPSA) is 47.6 Å². The maximum absolute atomic E-state index is 11.4. The highest BCUT2D eigenvalue weighted by Gasteiger charge is 2.20. The molecule has 0 saturated carbocycles. The fourth-order valence-electron chi connectivity index (χ4n) is 2.52. The van der Waals surface area contributed by atoms with E-state index in [1.54, 1.807) is 13.4 Å². The summed E-state index contributed by atoms with van der Waals surface area (Å²) in [6.45, 7) is 3.65. The van der Waals surface area contributed by atoms with Gasteiger partial charge in [0, 0.05) is 40.0 Å². The number of rotatable bonds is 6. The van der Waals surface area contributed by atoms with E-state index < -0.39 is 10.8 Å². The van der Waals surface area contributed by atoms with E-state index in [1.807, 2.05) is 19.1 Å². The van der Waals surface area contributed by atoms with Gasteiger partial charge in [-0.25, -0.2) is 0 Å². The van der Waals surface area contributed by atoms with E-state index in [-0.39, 0.29) is 5.25 Å². The third-order valence-corrected chi connectivity index (χ3v) is 5.37. The van der Waals surface area contributed by atoms with E-state index in [9.17, 15) is 4.21 Å². The van der Waals surface area contributed by atoms with Gasteiger partial charge in [0.1, 0.15) is 11.5 Å². The molecule has 1 heterocycles. The zero-order valence-corrected chi connectivity index (χ0v) is 13.9. The van der Waals surface area contributed by atoms with Crippen molar-refractivity contribution in [3.63, 3.8) is 0 Å². The predicted molar refractivity (Wildman–Crippen MR) is 86.6 cm³/mol. The Bertz CT molecular complexity index is 492. The highest BCUT2D eigenvalue weighted by molar-refractivity contribution is 7.84. The average molecular weight is 311 g/mol. The van der Waals surface area contributed by atoms with E-state index in [2.05, 4.69) is 11.4 Å². The first-order chi connectivity index (χ1) is 10.1. The summed E-state index contributed by atoms with van der Waals surface area (Å²) in [6, 6.07) is 6.31. The van der Waals surface area contributed by atoms with Gasteiger partial charge >= 0.3 is 0 Å². The summed E-state index contributed by atoms with van der Waals surface area (Å²) < 4.78 is 22.5. The number of nitrogens with one attached hydrogen (secondary N) is 1. The molecule has 1 aliphatic heterocycles. The minimum absolute atomic E-state index is 0.231. The normalized spacial score (nSPS) is 20.8. The fraction of sp³-hybridized carbons (Fsp3) is 0.625. The third kappa shape index (κ3) is 4.45. The summed E-state index contributed by atoms with van der Waals surface area (Å²) >= 11 is 0. The Morgan fingerprint density at radius 2 is 2.33 bits per heavy atom. The Balaban J connectivity index is 2.02. The van der Waals surface area contributed by atoms with Gasteiger partial charge in [0.05, 0.1) is 13.7 Å². The highest BCUT2D eigenvalue weighted by atomic mass is 32.2. The molecule has 0 aromatic heterocycles. The van der Waals surface area contributed by atoms with Crippen LogP contribution in [0.4, 0.5) is 0 Å². The molecule has 0 amide bonds. The van der Waals surface area contributed by atoms with Gasteiger partial charge < -0.3 is 14.8 Å². The summed E-state index contributed by atoms with van der Waals surface area (Å²) in [7, 11) is 0.916. The van der Waals surface area contributed by atoms with Crippen molar-refractivity contribution < 1.29 is 13.7 Å². The van der Waals surface area contributed by atoms with E-state index in [0.717, 1.165) is 43.9 Å². The van der Waals surface area contributed by atoms with Crippen LogP contribution in [0, 0.1) is 0 Å². The lowest BCUT2D eigenvalue weighted by Crippen LogP contribution is -2.25. The Morgan fingerprint density at radius 3 is 3.05 bits per heavy atom. The van der Waals surface area contributed by atoms with Gasteiger partial charge in [-0.2, -0.15) is 0 Å². The highest BCUT2D eigenvalue weighted by Crippen LogP contribution is 2.34. The molecule has 0 aliphatic carbocycles. The van der Waals surface area contributed by atoms with Crippen molar-refractivity contribution in [2.45, 2.75) is 37.5 Å². The molecule has 0 bridgehead atoms. The molecule has 1 aromatic carbocycles. The van der Waals surface area contributed by atoms with Crippen LogP contribution in [0.1, 0.15) is 37.8 Å². The lowest BCUT2D eigenvalue weighted by atomic mass is 10.0. The summed E-state index contributed by atoms with van der Waals surface area (Å²) in [6.07, 6.45) is 4.78. The van der Waals surface area contributed by atoms with E-state index in [4.69, 9.17) is 9.47 Å². The molecule has 4 nitrogen and oxygen atoms in total. The Labute approximate surface area is 129 Å². The Kier molecular flexibility index (Phi) is 6.06. The van der Waals surface area contributed by atoms with Crippen LogP contribution in [0.3, 0.4) is 0 Å². The van der Waals surface area contributed by atoms with E-state index >= 15 is 0 Å². The van der Waals surface area contributed by atoms with Gasteiger partial charge in [-0.05, 0) is 31.9 Å². The first-order valence-electron chi connectivity index (χ1n) is 7.48. The standard InChI is InChI=1S/C16H25NO3S/c1-12(21(3)18)8-9-17-15-5-4-10-20-16-11-13(19-2)6-7-14(15)16/h6-7,11-12,15,17H,4-5,8-10H2,1-3H3/t12-,15+,21-/m1/s1. The van der Waals surface area contributed by atoms with Crippen molar-refractivity contribution >= 4 is 10.8 Å². The molecule has 1 aromatic rings. The molecule has 0 saturated heterocycles. The molecule has 0 spiro atoms. The van der Waals surface area contributed by atoms with Gasteiger partial charge in [-0.15, -0.1) is 0 Å². The van der Waals surface area contributed by atoms with Crippen molar-refractivity contribution in [2.75, 3.05) is 26.5 Å². The molecule has 0 radical (unpaired) electrons. The van der Waals surface area contributed by atoms with Crippen molar-refractivity contribution in [2.24, 2.45) is 0 Å². The summed E-state index contributed by atoms with van der Waals surface area (Å²) in [5.74, 6) is 1.74. The molecule has 3 atom stereocenters. The van der Waals surface area contributed by atoms with Crippen LogP contribution in [0.25, 0.3) is 0 Å². The molecule has 118 valence electrons. The summed E-state index contributed by atoms with van der Waals surface area (Å²) in [5.41, 5.74) is 1.19. The maximum Gasteiger partial charge on any atom is 0.127 e. The Morgan fingerprint density at radius 1 is 1.52 bits per heavy atom. The molecule has 0 fully saturated rings. The van der Waals surface area contributed by atoms with Crippen LogP contribution in [0.5, 0.6) is 11.5 Å². The lowest BCUT2D eigenvalue weighted by molar-refractivity contribution is 0.313. The number of hydrogen-bond acceptors (Lipinski definition) is 4. The second-order valence-corrected chi connectivity index (χ2v) is 7.30.